The number of hydrogen-bond donors (Lipinski definition) is 1. The summed E-state index contributed by atoms with van der Waals surface area (Å²) >= 11 is 0. The SMILES string of the molecule is CCOc1ccc(N2CCN(CC(=O)NCCN(C)C)C2=O)cc1. The number of hydrogen-bond acceptors (Lipinski definition) is 4. The van der Waals surface area contributed by atoms with Gasteiger partial charge in [-0.1, -0.05) is 0 Å². The van der Waals surface area contributed by atoms with Crippen molar-refractivity contribution in [2.45, 2.75) is 6.92 Å². The quantitative estimate of drug-likeness (QED) is 0.770. The molecule has 0 aliphatic carbocycles. The summed E-state index contributed by atoms with van der Waals surface area (Å²) in [5.41, 5.74) is 0.818. The molecule has 1 N–H and O–H groups in total. The van der Waals surface area contributed by atoms with Gasteiger partial charge in [0, 0.05) is 31.9 Å². The van der Waals surface area contributed by atoms with E-state index in [4.69, 9.17) is 4.74 Å². The third kappa shape index (κ3) is 4.86. The molecule has 0 unspecified atom stereocenters. The highest BCUT2D eigenvalue weighted by molar-refractivity contribution is 5.96. The third-order valence-corrected chi connectivity index (χ3v) is 3.77. The van der Waals surface area contributed by atoms with Crippen molar-refractivity contribution in [3.8, 4) is 5.75 Å². The molecule has 0 atom stereocenters. The molecule has 7 nitrogen and oxygen atoms in total. The monoisotopic (exact) mass is 334 g/mol. The number of benzene rings is 1. The Labute approximate surface area is 143 Å². The lowest BCUT2D eigenvalue weighted by Crippen LogP contribution is -2.41. The van der Waals surface area contributed by atoms with Crippen LogP contribution in [0.5, 0.6) is 5.75 Å². The Morgan fingerprint density at radius 2 is 1.96 bits per heavy atom. The standard InChI is InChI=1S/C17H26N4O3/c1-4-24-15-7-5-14(6-8-15)21-12-11-20(17(21)23)13-16(22)18-9-10-19(2)3/h5-8H,4,9-13H2,1-3H3,(H,18,22). The van der Waals surface area contributed by atoms with Gasteiger partial charge in [0.2, 0.25) is 5.91 Å². The number of nitrogens with zero attached hydrogens (tertiary/aromatic N) is 3. The summed E-state index contributed by atoms with van der Waals surface area (Å²) in [4.78, 5) is 29.6. The molecular weight excluding hydrogens is 308 g/mol. The van der Waals surface area contributed by atoms with E-state index in [1.54, 1.807) is 9.80 Å². The van der Waals surface area contributed by atoms with E-state index < -0.39 is 0 Å². The topological polar surface area (TPSA) is 65.1 Å². The Bertz CT molecular complexity index is 559. The predicted molar refractivity (Wildman–Crippen MR) is 93.5 cm³/mol. The first-order valence-corrected chi connectivity index (χ1v) is 8.22. The molecule has 1 fully saturated rings. The first kappa shape index (κ1) is 18.1. The van der Waals surface area contributed by atoms with E-state index >= 15 is 0 Å². The first-order chi connectivity index (χ1) is 11.5. The fourth-order valence-electron chi connectivity index (χ4n) is 2.51. The van der Waals surface area contributed by atoms with Crippen molar-refractivity contribution >= 4 is 17.6 Å². The molecule has 1 aliphatic heterocycles. The minimum Gasteiger partial charge on any atom is -0.494 e. The van der Waals surface area contributed by atoms with Gasteiger partial charge in [-0.3, -0.25) is 9.69 Å². The van der Waals surface area contributed by atoms with E-state index in [9.17, 15) is 9.59 Å². The number of ether oxygens (including phenoxy) is 1. The molecule has 1 heterocycles. The van der Waals surface area contributed by atoms with Gasteiger partial charge >= 0.3 is 6.03 Å². The molecule has 0 saturated carbocycles. The summed E-state index contributed by atoms with van der Waals surface area (Å²) in [6.07, 6.45) is 0. The Kier molecular flexibility index (Phi) is 6.43. The van der Waals surface area contributed by atoms with Crippen molar-refractivity contribution in [2.75, 3.05) is 58.3 Å². The van der Waals surface area contributed by atoms with E-state index in [0.717, 1.165) is 18.0 Å². The van der Waals surface area contributed by atoms with Crippen LogP contribution in [0.25, 0.3) is 0 Å². The largest absolute Gasteiger partial charge is 0.494 e. The van der Waals surface area contributed by atoms with E-state index in [2.05, 4.69) is 5.32 Å². The second kappa shape index (κ2) is 8.54. The molecule has 0 bridgehead atoms. The highest BCUT2D eigenvalue weighted by Crippen LogP contribution is 2.23. The van der Waals surface area contributed by atoms with E-state index in [-0.39, 0.29) is 18.5 Å². The van der Waals surface area contributed by atoms with Crippen molar-refractivity contribution in [3.05, 3.63) is 24.3 Å². The maximum Gasteiger partial charge on any atom is 0.325 e. The summed E-state index contributed by atoms with van der Waals surface area (Å²) in [6, 6.07) is 7.29. The van der Waals surface area contributed by atoms with Gasteiger partial charge in [-0.2, -0.15) is 0 Å². The zero-order valence-electron chi connectivity index (χ0n) is 14.6. The maximum atomic E-state index is 12.5. The molecule has 7 heteroatoms. The van der Waals surface area contributed by atoms with Gasteiger partial charge < -0.3 is 19.9 Å². The fourth-order valence-corrected chi connectivity index (χ4v) is 2.51. The summed E-state index contributed by atoms with van der Waals surface area (Å²) in [7, 11) is 3.90. The first-order valence-electron chi connectivity index (χ1n) is 8.22. The van der Waals surface area contributed by atoms with Crippen molar-refractivity contribution in [3.63, 3.8) is 0 Å². The second-order valence-corrected chi connectivity index (χ2v) is 5.94. The maximum absolute atomic E-state index is 12.5. The minimum atomic E-state index is -0.137. The van der Waals surface area contributed by atoms with Crippen molar-refractivity contribution in [2.24, 2.45) is 0 Å². The van der Waals surface area contributed by atoms with Gasteiger partial charge in [-0.15, -0.1) is 0 Å². The molecule has 2 rings (SSSR count). The molecule has 1 saturated heterocycles. The van der Waals surface area contributed by atoms with Gasteiger partial charge in [-0.25, -0.2) is 4.79 Å². The van der Waals surface area contributed by atoms with Crippen LogP contribution in [-0.4, -0.2) is 75.2 Å². The Morgan fingerprint density at radius 3 is 2.58 bits per heavy atom. The van der Waals surface area contributed by atoms with Crippen molar-refractivity contribution in [1.29, 1.82) is 0 Å². The van der Waals surface area contributed by atoms with Crippen LogP contribution in [0.1, 0.15) is 6.92 Å². The smallest absolute Gasteiger partial charge is 0.325 e. The molecule has 1 aliphatic rings. The lowest BCUT2D eigenvalue weighted by atomic mass is 10.3. The molecule has 0 aromatic heterocycles. The third-order valence-electron chi connectivity index (χ3n) is 3.77. The lowest BCUT2D eigenvalue weighted by molar-refractivity contribution is -0.121. The van der Waals surface area contributed by atoms with Crippen LogP contribution < -0.4 is 15.0 Å². The van der Waals surface area contributed by atoms with E-state index in [0.29, 0.717) is 26.2 Å². The fraction of sp³-hybridized carbons (Fsp3) is 0.529. The number of anilines is 1. The predicted octanol–water partition coefficient (Wildman–Crippen LogP) is 1.01. The normalized spacial score (nSPS) is 14.4. The Hall–Kier alpha value is -2.28. The van der Waals surface area contributed by atoms with E-state index in [1.165, 1.54) is 0 Å². The summed E-state index contributed by atoms with van der Waals surface area (Å²) < 4.78 is 5.41. The van der Waals surface area contributed by atoms with Crippen LogP contribution in [-0.2, 0) is 4.79 Å². The molecule has 3 amide bonds. The lowest BCUT2D eigenvalue weighted by Gasteiger charge is -2.19. The number of nitrogens with one attached hydrogen (secondary N) is 1. The van der Waals surface area contributed by atoms with Crippen LogP contribution in [0.3, 0.4) is 0 Å². The van der Waals surface area contributed by atoms with Crippen LogP contribution in [0.2, 0.25) is 0 Å². The van der Waals surface area contributed by atoms with Gasteiger partial charge in [0.15, 0.2) is 0 Å². The molecule has 132 valence electrons. The number of amides is 3. The second-order valence-electron chi connectivity index (χ2n) is 5.94. The van der Waals surface area contributed by atoms with Gasteiger partial charge in [-0.05, 0) is 45.3 Å². The van der Waals surface area contributed by atoms with Gasteiger partial charge in [0.25, 0.3) is 0 Å². The van der Waals surface area contributed by atoms with Crippen LogP contribution in [0.4, 0.5) is 10.5 Å². The number of likely N-dealkylation sites (N-methyl/N-ethyl adjacent to an activating group) is 1. The number of rotatable bonds is 8. The minimum absolute atomic E-state index is 0.0970. The Balaban J connectivity index is 1.86. The Morgan fingerprint density at radius 1 is 1.25 bits per heavy atom. The summed E-state index contributed by atoms with van der Waals surface area (Å²) in [5.74, 6) is 0.656. The number of carbonyl (C=O) groups excluding carboxylic acids is 2. The average molecular weight is 334 g/mol. The van der Waals surface area contributed by atoms with Gasteiger partial charge in [0.1, 0.15) is 12.3 Å². The van der Waals surface area contributed by atoms with Crippen molar-refractivity contribution < 1.29 is 14.3 Å². The van der Waals surface area contributed by atoms with Crippen LogP contribution in [0, 0.1) is 0 Å². The van der Waals surface area contributed by atoms with E-state index in [1.807, 2.05) is 50.2 Å². The summed E-state index contributed by atoms with van der Waals surface area (Å²) in [6.45, 7) is 5.12. The zero-order valence-corrected chi connectivity index (χ0v) is 14.6. The van der Waals surface area contributed by atoms with Gasteiger partial charge in [0.05, 0.1) is 6.61 Å². The number of carbonyl (C=O) groups is 2. The average Bonchev–Trinajstić information content (AvgIpc) is 2.89. The van der Waals surface area contributed by atoms with Crippen LogP contribution in [0.15, 0.2) is 24.3 Å². The molecule has 0 radical (unpaired) electrons. The molecule has 24 heavy (non-hydrogen) atoms. The molecular formula is C17H26N4O3. The number of urea groups is 1. The highest BCUT2D eigenvalue weighted by Gasteiger charge is 2.30. The molecule has 1 aromatic carbocycles. The molecule has 1 aromatic rings. The highest BCUT2D eigenvalue weighted by atomic mass is 16.5. The zero-order chi connectivity index (χ0) is 17.5. The summed E-state index contributed by atoms with van der Waals surface area (Å²) in [5, 5.41) is 2.83. The van der Waals surface area contributed by atoms with Crippen LogP contribution >= 0.6 is 0 Å². The van der Waals surface area contributed by atoms with Crippen molar-refractivity contribution in [1.82, 2.24) is 15.1 Å². The molecule has 0 spiro atoms.